The molecule has 136 valence electrons. The largest absolute Gasteiger partial charge is 0.459 e. The Morgan fingerprint density at radius 2 is 1.89 bits per heavy atom. The van der Waals surface area contributed by atoms with Crippen LogP contribution in [0, 0.1) is 0 Å². The monoisotopic (exact) mass is 359 g/mol. The second kappa shape index (κ2) is 7.50. The zero-order chi connectivity index (χ0) is 18.6. The summed E-state index contributed by atoms with van der Waals surface area (Å²) in [4.78, 5) is 19.3. The molecular formula is C22H21N3O2. The van der Waals surface area contributed by atoms with E-state index in [0.29, 0.717) is 18.8 Å². The Morgan fingerprint density at radius 1 is 1.11 bits per heavy atom. The fraction of sp³-hybridized carbons (Fsp3) is 0.182. The van der Waals surface area contributed by atoms with Crippen LogP contribution in [0.3, 0.4) is 0 Å². The number of carbonyl (C=O) groups excluding carboxylic acids is 1. The SMILES string of the molecule is CN1c2ccccc2C(c2ccccc2)=NCC1CNC(=O)c1ccco1. The van der Waals surface area contributed by atoms with E-state index in [9.17, 15) is 4.79 Å². The number of benzene rings is 2. The van der Waals surface area contributed by atoms with Crippen molar-refractivity contribution in [2.45, 2.75) is 6.04 Å². The number of benzodiazepines with no additional fused rings is 1. The predicted octanol–water partition coefficient (Wildman–Crippen LogP) is 3.37. The summed E-state index contributed by atoms with van der Waals surface area (Å²) in [6.45, 7) is 1.07. The lowest BCUT2D eigenvalue weighted by Crippen LogP contribution is -2.43. The average molecular weight is 359 g/mol. The van der Waals surface area contributed by atoms with Crippen molar-refractivity contribution in [3.05, 3.63) is 89.9 Å². The molecule has 0 saturated heterocycles. The van der Waals surface area contributed by atoms with Gasteiger partial charge in [-0.1, -0.05) is 48.5 Å². The molecule has 1 N–H and O–H groups in total. The molecule has 1 atom stereocenters. The molecule has 0 bridgehead atoms. The number of hydrogen-bond donors (Lipinski definition) is 1. The van der Waals surface area contributed by atoms with Crippen molar-refractivity contribution in [1.82, 2.24) is 5.32 Å². The van der Waals surface area contributed by atoms with Gasteiger partial charge in [-0.15, -0.1) is 0 Å². The summed E-state index contributed by atoms with van der Waals surface area (Å²) in [6, 6.07) is 21.9. The summed E-state index contributed by atoms with van der Waals surface area (Å²) >= 11 is 0. The van der Waals surface area contributed by atoms with Gasteiger partial charge in [0.05, 0.1) is 24.6 Å². The summed E-state index contributed by atoms with van der Waals surface area (Å²) in [5.41, 5.74) is 4.29. The van der Waals surface area contributed by atoms with E-state index in [1.807, 2.05) is 37.4 Å². The maximum absolute atomic E-state index is 12.2. The standard InChI is InChI=1S/C22H21N3O2/c1-25-17(15-24-22(26)20-12-7-13-27-20)14-23-21(16-8-3-2-4-9-16)18-10-5-6-11-19(18)25/h2-13,17H,14-15H2,1H3,(H,24,26). The first-order chi connectivity index (χ1) is 13.2. The Morgan fingerprint density at radius 3 is 2.67 bits per heavy atom. The molecule has 27 heavy (non-hydrogen) atoms. The van der Waals surface area contributed by atoms with Gasteiger partial charge in [0, 0.05) is 30.4 Å². The van der Waals surface area contributed by atoms with Crippen molar-refractivity contribution in [1.29, 1.82) is 0 Å². The number of aliphatic imine (C=N–C) groups is 1. The number of furan rings is 1. The molecule has 2 aromatic carbocycles. The lowest BCUT2D eigenvalue weighted by Gasteiger charge is -2.28. The van der Waals surface area contributed by atoms with Crippen LogP contribution < -0.4 is 10.2 Å². The van der Waals surface area contributed by atoms with Crippen LogP contribution in [0.25, 0.3) is 0 Å². The molecule has 0 saturated carbocycles. The molecule has 0 aliphatic carbocycles. The van der Waals surface area contributed by atoms with Crippen molar-refractivity contribution in [2.24, 2.45) is 4.99 Å². The van der Waals surface area contributed by atoms with Gasteiger partial charge in [-0.25, -0.2) is 0 Å². The van der Waals surface area contributed by atoms with Crippen LogP contribution in [0.2, 0.25) is 0 Å². The number of hydrogen-bond acceptors (Lipinski definition) is 4. The van der Waals surface area contributed by atoms with Crippen molar-refractivity contribution >= 4 is 17.3 Å². The van der Waals surface area contributed by atoms with Gasteiger partial charge in [0.15, 0.2) is 5.76 Å². The Balaban J connectivity index is 1.61. The zero-order valence-corrected chi connectivity index (χ0v) is 15.1. The minimum atomic E-state index is -0.210. The first-order valence-corrected chi connectivity index (χ1v) is 8.98. The normalized spacial score (nSPS) is 16.3. The Kier molecular flexibility index (Phi) is 4.75. The molecule has 3 aromatic rings. The maximum atomic E-state index is 12.2. The minimum Gasteiger partial charge on any atom is -0.459 e. The fourth-order valence-corrected chi connectivity index (χ4v) is 3.33. The highest BCUT2D eigenvalue weighted by Crippen LogP contribution is 2.27. The number of likely N-dealkylation sites (N-methyl/N-ethyl adjacent to an activating group) is 1. The highest BCUT2D eigenvalue weighted by Gasteiger charge is 2.24. The third-order valence-corrected chi connectivity index (χ3v) is 4.84. The molecule has 1 unspecified atom stereocenters. The molecule has 5 nitrogen and oxygen atoms in total. The van der Waals surface area contributed by atoms with E-state index in [1.54, 1.807) is 12.1 Å². The van der Waals surface area contributed by atoms with Crippen LogP contribution in [0.4, 0.5) is 5.69 Å². The summed E-state index contributed by atoms with van der Waals surface area (Å²) in [6.07, 6.45) is 1.50. The number of rotatable bonds is 4. The van der Waals surface area contributed by atoms with Gasteiger partial charge in [-0.3, -0.25) is 9.79 Å². The third kappa shape index (κ3) is 3.49. The number of carbonyl (C=O) groups is 1. The van der Waals surface area contributed by atoms with Gasteiger partial charge >= 0.3 is 0 Å². The second-order valence-electron chi connectivity index (χ2n) is 6.52. The Labute approximate surface area is 158 Å². The maximum Gasteiger partial charge on any atom is 0.287 e. The minimum absolute atomic E-state index is 0.0475. The predicted molar refractivity (Wildman–Crippen MR) is 107 cm³/mol. The first kappa shape index (κ1) is 17.1. The van der Waals surface area contributed by atoms with Crippen molar-refractivity contribution < 1.29 is 9.21 Å². The summed E-state index contributed by atoms with van der Waals surface area (Å²) in [5, 5.41) is 2.95. The third-order valence-electron chi connectivity index (χ3n) is 4.84. The van der Waals surface area contributed by atoms with E-state index in [4.69, 9.17) is 9.41 Å². The summed E-state index contributed by atoms with van der Waals surface area (Å²) < 4.78 is 5.16. The number of amides is 1. The van der Waals surface area contributed by atoms with Gasteiger partial charge in [0.25, 0.3) is 5.91 Å². The molecule has 2 heterocycles. The highest BCUT2D eigenvalue weighted by atomic mass is 16.3. The number of nitrogens with zero attached hydrogens (tertiary/aromatic N) is 2. The van der Waals surface area contributed by atoms with Crippen LogP contribution in [0.5, 0.6) is 0 Å². The van der Waals surface area contributed by atoms with E-state index >= 15 is 0 Å². The van der Waals surface area contributed by atoms with Gasteiger partial charge in [-0.2, -0.15) is 0 Å². The average Bonchev–Trinajstić information content (AvgIpc) is 3.21. The highest BCUT2D eigenvalue weighted by molar-refractivity contribution is 6.16. The van der Waals surface area contributed by atoms with E-state index in [1.165, 1.54) is 6.26 Å². The molecule has 4 rings (SSSR count). The number of fused-ring (bicyclic) bond motifs is 1. The summed E-state index contributed by atoms with van der Waals surface area (Å²) in [7, 11) is 2.05. The molecule has 5 heteroatoms. The molecule has 1 aliphatic heterocycles. The summed E-state index contributed by atoms with van der Waals surface area (Å²) in [5.74, 6) is 0.110. The Hall–Kier alpha value is -3.34. The quantitative estimate of drug-likeness (QED) is 0.777. The second-order valence-corrected chi connectivity index (χ2v) is 6.52. The van der Waals surface area contributed by atoms with Crippen LogP contribution in [-0.2, 0) is 0 Å². The van der Waals surface area contributed by atoms with Crippen LogP contribution in [0.15, 0.2) is 82.4 Å². The zero-order valence-electron chi connectivity index (χ0n) is 15.1. The fourth-order valence-electron chi connectivity index (χ4n) is 3.33. The molecular weight excluding hydrogens is 338 g/mol. The first-order valence-electron chi connectivity index (χ1n) is 8.98. The molecule has 0 spiro atoms. The van der Waals surface area contributed by atoms with Crippen LogP contribution >= 0.6 is 0 Å². The molecule has 1 amide bonds. The van der Waals surface area contributed by atoms with E-state index in [0.717, 1.165) is 22.5 Å². The number of para-hydroxylation sites is 1. The van der Waals surface area contributed by atoms with Crippen LogP contribution in [0.1, 0.15) is 21.7 Å². The van der Waals surface area contributed by atoms with Gasteiger partial charge < -0.3 is 14.6 Å². The van der Waals surface area contributed by atoms with Crippen LogP contribution in [-0.4, -0.2) is 37.8 Å². The molecule has 0 fully saturated rings. The topological polar surface area (TPSA) is 57.8 Å². The Bertz CT molecular complexity index is 949. The molecule has 1 aliphatic rings. The van der Waals surface area contributed by atoms with Gasteiger partial charge in [-0.05, 0) is 18.2 Å². The number of anilines is 1. The van der Waals surface area contributed by atoms with E-state index in [-0.39, 0.29) is 11.9 Å². The molecule has 1 aromatic heterocycles. The number of nitrogens with one attached hydrogen (secondary N) is 1. The van der Waals surface area contributed by atoms with E-state index < -0.39 is 0 Å². The smallest absolute Gasteiger partial charge is 0.287 e. The lowest BCUT2D eigenvalue weighted by molar-refractivity contribution is 0.0923. The van der Waals surface area contributed by atoms with Gasteiger partial charge in [0.1, 0.15) is 0 Å². The van der Waals surface area contributed by atoms with Crippen molar-refractivity contribution in [2.75, 3.05) is 25.0 Å². The molecule has 0 radical (unpaired) electrons. The lowest BCUT2D eigenvalue weighted by atomic mass is 10.0. The van der Waals surface area contributed by atoms with E-state index in [2.05, 4.69) is 34.5 Å². The van der Waals surface area contributed by atoms with Crippen molar-refractivity contribution in [3.8, 4) is 0 Å². The van der Waals surface area contributed by atoms with Crippen molar-refractivity contribution in [3.63, 3.8) is 0 Å². The van der Waals surface area contributed by atoms with Gasteiger partial charge in [0.2, 0.25) is 0 Å².